The third kappa shape index (κ3) is 1.88. The van der Waals surface area contributed by atoms with E-state index >= 15 is 0 Å². The summed E-state index contributed by atoms with van der Waals surface area (Å²) in [6.45, 7) is 0. The first-order chi connectivity index (χ1) is 7.16. The molecule has 76 valence electrons. The van der Waals surface area contributed by atoms with Gasteiger partial charge in [0.05, 0.1) is 0 Å². The molecule has 0 aliphatic heterocycles. The van der Waals surface area contributed by atoms with E-state index in [1.807, 2.05) is 0 Å². The van der Waals surface area contributed by atoms with Crippen molar-refractivity contribution in [2.24, 2.45) is 0 Å². The molecule has 0 radical (unpaired) electrons. The topological polar surface area (TPSA) is 53.1 Å². The average molecular weight is 205 g/mol. The molecule has 15 heavy (non-hydrogen) atoms. The molecule has 0 aliphatic rings. The minimum absolute atomic E-state index is 0.151. The number of phenolic OH excluding ortho intramolecular Hbond substituents is 1. The van der Waals surface area contributed by atoms with Crippen molar-refractivity contribution in [2.75, 3.05) is 0 Å². The Morgan fingerprint density at radius 3 is 2.60 bits per heavy atom. The maximum absolute atomic E-state index is 12.7. The van der Waals surface area contributed by atoms with Crippen LogP contribution in [0.15, 0.2) is 41.3 Å². The minimum Gasteiger partial charge on any atom is -0.507 e. The fraction of sp³-hybridized carbons (Fsp3) is 0. The smallest absolute Gasteiger partial charge is 0.247 e. The van der Waals surface area contributed by atoms with E-state index in [0.29, 0.717) is 11.1 Å². The van der Waals surface area contributed by atoms with Crippen LogP contribution in [0.5, 0.6) is 5.75 Å². The fourth-order valence-corrected chi connectivity index (χ4v) is 1.33. The number of pyridine rings is 1. The average Bonchev–Trinajstić information content (AvgIpc) is 2.20. The van der Waals surface area contributed by atoms with E-state index in [4.69, 9.17) is 0 Å². The Labute approximate surface area is 84.8 Å². The molecular formula is C11H8FNO2. The zero-order valence-electron chi connectivity index (χ0n) is 7.70. The Kier molecular flexibility index (Phi) is 2.25. The highest BCUT2D eigenvalue weighted by atomic mass is 19.1. The van der Waals surface area contributed by atoms with Crippen molar-refractivity contribution in [3.05, 3.63) is 52.7 Å². The Bertz CT molecular complexity index is 528. The van der Waals surface area contributed by atoms with Gasteiger partial charge in [0.25, 0.3) is 0 Å². The van der Waals surface area contributed by atoms with Crippen LogP contribution >= 0.6 is 0 Å². The van der Waals surface area contributed by atoms with Crippen LogP contribution in [0, 0.1) is 5.82 Å². The van der Waals surface area contributed by atoms with E-state index in [1.165, 1.54) is 24.4 Å². The van der Waals surface area contributed by atoms with Crippen molar-refractivity contribution >= 4 is 0 Å². The van der Waals surface area contributed by atoms with E-state index in [-0.39, 0.29) is 11.3 Å². The lowest BCUT2D eigenvalue weighted by molar-refractivity contribution is 0.471. The maximum Gasteiger partial charge on any atom is 0.247 e. The SMILES string of the molecule is O=c1ccc(-c2ccc(F)cc2O)c[nH]1. The van der Waals surface area contributed by atoms with Crippen molar-refractivity contribution in [2.45, 2.75) is 0 Å². The Morgan fingerprint density at radius 1 is 1.20 bits per heavy atom. The van der Waals surface area contributed by atoms with Gasteiger partial charge in [0.1, 0.15) is 11.6 Å². The highest BCUT2D eigenvalue weighted by Gasteiger charge is 2.04. The predicted octanol–water partition coefficient (Wildman–Crippen LogP) is 1.89. The van der Waals surface area contributed by atoms with Crippen molar-refractivity contribution in [1.29, 1.82) is 0 Å². The zero-order chi connectivity index (χ0) is 10.8. The van der Waals surface area contributed by atoms with Gasteiger partial charge >= 0.3 is 0 Å². The summed E-state index contributed by atoms with van der Waals surface area (Å²) in [5, 5.41) is 9.48. The second-order valence-corrected chi connectivity index (χ2v) is 3.10. The summed E-state index contributed by atoms with van der Waals surface area (Å²) in [5.74, 6) is -0.650. The molecule has 2 rings (SSSR count). The zero-order valence-corrected chi connectivity index (χ0v) is 7.70. The van der Waals surface area contributed by atoms with Gasteiger partial charge in [-0.15, -0.1) is 0 Å². The van der Waals surface area contributed by atoms with E-state index in [0.717, 1.165) is 6.07 Å². The van der Waals surface area contributed by atoms with E-state index in [2.05, 4.69) is 4.98 Å². The number of nitrogens with one attached hydrogen (secondary N) is 1. The summed E-state index contributed by atoms with van der Waals surface area (Å²) in [6, 6.07) is 6.64. The molecule has 4 heteroatoms. The van der Waals surface area contributed by atoms with Crippen molar-refractivity contribution in [3.8, 4) is 16.9 Å². The van der Waals surface area contributed by atoms with Crippen LogP contribution in [0.25, 0.3) is 11.1 Å². The number of H-pyrrole nitrogens is 1. The van der Waals surface area contributed by atoms with E-state index in [1.54, 1.807) is 6.07 Å². The second-order valence-electron chi connectivity index (χ2n) is 3.10. The molecule has 0 saturated carbocycles. The molecule has 0 bridgehead atoms. The number of aromatic nitrogens is 1. The Hall–Kier alpha value is -2.10. The van der Waals surface area contributed by atoms with Gasteiger partial charge in [-0.1, -0.05) is 0 Å². The Balaban J connectivity index is 2.54. The summed E-state index contributed by atoms with van der Waals surface area (Å²) in [6.07, 6.45) is 1.47. The largest absolute Gasteiger partial charge is 0.507 e. The summed E-state index contributed by atoms with van der Waals surface area (Å²) in [4.78, 5) is 13.3. The molecule has 1 aromatic carbocycles. The molecule has 1 heterocycles. The van der Waals surface area contributed by atoms with E-state index in [9.17, 15) is 14.3 Å². The lowest BCUT2D eigenvalue weighted by atomic mass is 10.1. The summed E-state index contributed by atoms with van der Waals surface area (Å²) < 4.78 is 12.7. The molecule has 0 aliphatic carbocycles. The molecule has 0 amide bonds. The number of halogens is 1. The van der Waals surface area contributed by atoms with Gasteiger partial charge in [-0.25, -0.2) is 4.39 Å². The number of aromatic amines is 1. The van der Waals surface area contributed by atoms with Gasteiger partial charge in [-0.2, -0.15) is 0 Å². The first-order valence-corrected chi connectivity index (χ1v) is 4.34. The van der Waals surface area contributed by atoms with Gasteiger partial charge in [-0.05, 0) is 18.2 Å². The summed E-state index contributed by atoms with van der Waals surface area (Å²) in [7, 11) is 0. The molecule has 0 spiro atoms. The molecule has 0 saturated heterocycles. The van der Waals surface area contributed by atoms with Crippen LogP contribution in [0.2, 0.25) is 0 Å². The lowest BCUT2D eigenvalue weighted by Crippen LogP contribution is -2.01. The van der Waals surface area contributed by atoms with Gasteiger partial charge in [0, 0.05) is 29.5 Å². The van der Waals surface area contributed by atoms with Crippen LogP contribution in [0.1, 0.15) is 0 Å². The molecule has 2 aromatic rings. The maximum atomic E-state index is 12.7. The monoisotopic (exact) mass is 205 g/mol. The van der Waals surface area contributed by atoms with Crippen molar-refractivity contribution in [3.63, 3.8) is 0 Å². The van der Waals surface area contributed by atoms with Crippen LogP contribution in [0.4, 0.5) is 4.39 Å². The molecule has 2 N–H and O–H groups in total. The van der Waals surface area contributed by atoms with Crippen LogP contribution < -0.4 is 5.56 Å². The first-order valence-electron chi connectivity index (χ1n) is 4.34. The first kappa shape index (κ1) is 9.45. The lowest BCUT2D eigenvalue weighted by Gasteiger charge is -2.03. The third-order valence-electron chi connectivity index (χ3n) is 2.05. The van der Waals surface area contributed by atoms with Crippen LogP contribution in [0.3, 0.4) is 0 Å². The summed E-state index contributed by atoms with van der Waals surface area (Å²) >= 11 is 0. The fourth-order valence-electron chi connectivity index (χ4n) is 1.33. The number of benzene rings is 1. The third-order valence-corrected chi connectivity index (χ3v) is 2.05. The molecule has 3 nitrogen and oxygen atoms in total. The van der Waals surface area contributed by atoms with Gasteiger partial charge in [0.15, 0.2) is 0 Å². The normalized spacial score (nSPS) is 10.2. The number of hydrogen-bond donors (Lipinski definition) is 2. The van der Waals surface area contributed by atoms with Crippen molar-refractivity contribution < 1.29 is 9.50 Å². The van der Waals surface area contributed by atoms with Gasteiger partial charge in [0.2, 0.25) is 5.56 Å². The second kappa shape index (κ2) is 3.57. The van der Waals surface area contributed by atoms with E-state index < -0.39 is 5.82 Å². The molecular weight excluding hydrogens is 197 g/mol. The predicted molar refractivity (Wildman–Crippen MR) is 54.1 cm³/mol. The number of aromatic hydroxyl groups is 1. The van der Waals surface area contributed by atoms with Crippen LogP contribution in [-0.4, -0.2) is 10.1 Å². The standard InChI is InChI=1S/C11H8FNO2/c12-8-2-3-9(10(14)5-8)7-1-4-11(15)13-6-7/h1-6,14H,(H,13,15). The Morgan fingerprint density at radius 2 is 2.00 bits per heavy atom. The van der Waals surface area contributed by atoms with Gasteiger partial charge < -0.3 is 10.1 Å². The highest BCUT2D eigenvalue weighted by molar-refractivity contribution is 5.68. The molecule has 0 atom stereocenters. The molecule has 1 aromatic heterocycles. The number of hydrogen-bond acceptors (Lipinski definition) is 2. The minimum atomic E-state index is -0.499. The summed E-state index contributed by atoms with van der Waals surface area (Å²) in [5.41, 5.74) is 0.889. The number of phenols is 1. The van der Waals surface area contributed by atoms with Gasteiger partial charge in [-0.3, -0.25) is 4.79 Å². The van der Waals surface area contributed by atoms with Crippen LogP contribution in [-0.2, 0) is 0 Å². The molecule has 0 unspecified atom stereocenters. The quantitative estimate of drug-likeness (QED) is 0.746. The van der Waals surface area contributed by atoms with Crippen molar-refractivity contribution in [1.82, 2.24) is 4.98 Å². The highest BCUT2D eigenvalue weighted by Crippen LogP contribution is 2.28. The number of rotatable bonds is 1. The molecule has 0 fully saturated rings.